The van der Waals surface area contributed by atoms with Gasteiger partial charge in [0.15, 0.2) is 0 Å². The fourth-order valence-corrected chi connectivity index (χ4v) is 2.55. The molecular weight excluding hydrogens is 232 g/mol. The summed E-state index contributed by atoms with van der Waals surface area (Å²) in [5.41, 5.74) is 2.69. The topological polar surface area (TPSA) is 24.1 Å². The first-order valence-corrected chi connectivity index (χ1v) is 6.60. The number of halogens is 1. The van der Waals surface area contributed by atoms with Crippen molar-refractivity contribution in [3.8, 4) is 0 Å². The van der Waals surface area contributed by atoms with Gasteiger partial charge in [0, 0.05) is 23.3 Å². The van der Waals surface area contributed by atoms with Gasteiger partial charge in [-0.1, -0.05) is 31.5 Å². The van der Waals surface area contributed by atoms with Crippen molar-refractivity contribution >= 4 is 17.3 Å². The van der Waals surface area contributed by atoms with E-state index in [1.807, 2.05) is 12.1 Å². The second kappa shape index (κ2) is 4.87. The molecule has 0 radical (unpaired) electrons. The van der Waals surface area contributed by atoms with E-state index < -0.39 is 0 Å². The van der Waals surface area contributed by atoms with Crippen LogP contribution in [0.4, 0.5) is 5.69 Å². The van der Waals surface area contributed by atoms with Crippen molar-refractivity contribution in [2.45, 2.75) is 33.2 Å². The van der Waals surface area contributed by atoms with Gasteiger partial charge in [-0.3, -0.25) is 0 Å². The van der Waals surface area contributed by atoms with E-state index in [9.17, 15) is 0 Å². The van der Waals surface area contributed by atoms with E-state index in [-0.39, 0.29) is 5.41 Å². The molecule has 1 aromatic rings. The second-order valence-corrected chi connectivity index (χ2v) is 6.05. The Hall–Kier alpha value is -0.730. The summed E-state index contributed by atoms with van der Waals surface area (Å²) in [6, 6.07) is 6.53. The van der Waals surface area contributed by atoms with Gasteiger partial charge in [0.25, 0.3) is 0 Å². The summed E-state index contributed by atoms with van der Waals surface area (Å²) < 4.78 is 0. The first-order chi connectivity index (χ1) is 7.99. The molecule has 0 aliphatic carbocycles. The van der Waals surface area contributed by atoms with Gasteiger partial charge in [-0.15, -0.1) is 0 Å². The Morgan fingerprint density at radius 1 is 1.41 bits per heavy atom. The van der Waals surface area contributed by atoms with Crippen molar-refractivity contribution in [2.24, 2.45) is 5.41 Å². The molecule has 2 nitrogen and oxygen atoms in total. The molecule has 0 saturated carbocycles. The fraction of sp³-hybridized carbons (Fsp3) is 0.571. The number of hydrogen-bond donors (Lipinski definition) is 2. The van der Waals surface area contributed by atoms with Crippen molar-refractivity contribution in [3.05, 3.63) is 28.8 Å². The Labute approximate surface area is 109 Å². The molecule has 1 atom stereocenters. The van der Waals surface area contributed by atoms with Crippen LogP contribution in [0.3, 0.4) is 0 Å². The minimum atomic E-state index is 0.271. The predicted octanol–water partition coefficient (Wildman–Crippen LogP) is 3.45. The summed E-state index contributed by atoms with van der Waals surface area (Å²) in [7, 11) is 0. The highest BCUT2D eigenvalue weighted by molar-refractivity contribution is 6.30. The van der Waals surface area contributed by atoms with Gasteiger partial charge in [-0.05, 0) is 43.0 Å². The molecule has 1 aliphatic heterocycles. The maximum atomic E-state index is 6.05. The summed E-state index contributed by atoms with van der Waals surface area (Å²) in [5.74, 6) is 0. The summed E-state index contributed by atoms with van der Waals surface area (Å²) in [6.45, 7) is 8.87. The number of rotatable bonds is 2. The third-order valence-electron chi connectivity index (χ3n) is 3.66. The molecule has 0 spiro atoms. The molecule has 0 bridgehead atoms. The average molecular weight is 253 g/mol. The fourth-order valence-electron chi connectivity index (χ4n) is 2.38. The molecular formula is C14H21ClN2. The molecule has 17 heavy (non-hydrogen) atoms. The van der Waals surface area contributed by atoms with E-state index in [0.717, 1.165) is 30.2 Å². The van der Waals surface area contributed by atoms with Crippen molar-refractivity contribution in [3.63, 3.8) is 0 Å². The Kier molecular flexibility index (Phi) is 3.64. The minimum Gasteiger partial charge on any atom is -0.381 e. The number of benzene rings is 1. The quantitative estimate of drug-likeness (QED) is 0.843. The highest BCUT2D eigenvalue weighted by Gasteiger charge is 2.32. The lowest BCUT2D eigenvalue weighted by Gasteiger charge is -2.40. The summed E-state index contributed by atoms with van der Waals surface area (Å²) in [4.78, 5) is 0. The van der Waals surface area contributed by atoms with Crippen LogP contribution >= 0.6 is 11.6 Å². The summed E-state index contributed by atoms with van der Waals surface area (Å²) in [5, 5.41) is 7.90. The van der Waals surface area contributed by atoms with Gasteiger partial charge in [-0.25, -0.2) is 0 Å². The Balaban J connectivity index is 2.16. The molecule has 94 valence electrons. The van der Waals surface area contributed by atoms with Gasteiger partial charge in [0.1, 0.15) is 0 Å². The molecule has 0 aromatic heterocycles. The zero-order chi connectivity index (χ0) is 12.5. The summed E-state index contributed by atoms with van der Waals surface area (Å²) >= 11 is 6.05. The molecule has 3 heteroatoms. The third kappa shape index (κ3) is 2.93. The first kappa shape index (κ1) is 12.7. The zero-order valence-electron chi connectivity index (χ0n) is 10.8. The van der Waals surface area contributed by atoms with Crippen molar-refractivity contribution in [1.82, 2.24) is 5.32 Å². The molecule has 2 rings (SSSR count). The third-order valence-corrected chi connectivity index (χ3v) is 3.90. The molecule has 1 fully saturated rings. The maximum Gasteiger partial charge on any atom is 0.0426 e. The average Bonchev–Trinajstić information content (AvgIpc) is 2.26. The molecule has 2 N–H and O–H groups in total. The second-order valence-electron chi connectivity index (χ2n) is 5.61. The lowest BCUT2D eigenvalue weighted by atomic mass is 9.80. The highest BCUT2D eigenvalue weighted by Crippen LogP contribution is 2.30. The van der Waals surface area contributed by atoms with Crippen LogP contribution in [0.15, 0.2) is 18.2 Å². The van der Waals surface area contributed by atoms with E-state index in [1.165, 1.54) is 5.56 Å². The Morgan fingerprint density at radius 2 is 2.18 bits per heavy atom. The molecule has 1 unspecified atom stereocenters. The minimum absolute atomic E-state index is 0.271. The van der Waals surface area contributed by atoms with E-state index in [1.54, 1.807) is 0 Å². The van der Waals surface area contributed by atoms with Gasteiger partial charge in [0.05, 0.1) is 0 Å². The van der Waals surface area contributed by atoms with Gasteiger partial charge < -0.3 is 10.6 Å². The molecule has 1 aromatic carbocycles. The van der Waals surface area contributed by atoms with Crippen LogP contribution in [-0.2, 0) is 0 Å². The normalized spacial score (nSPS) is 23.4. The maximum absolute atomic E-state index is 6.05. The molecule has 1 heterocycles. The number of hydrogen-bond acceptors (Lipinski definition) is 2. The SMILES string of the molecule is Cc1ccc(Cl)cc1NC1CCNCC1(C)C. The molecule has 1 aliphatic rings. The first-order valence-electron chi connectivity index (χ1n) is 6.22. The van der Waals surface area contributed by atoms with Crippen LogP contribution in [0.5, 0.6) is 0 Å². The Bertz CT molecular complexity index is 401. The number of piperidine rings is 1. The zero-order valence-corrected chi connectivity index (χ0v) is 11.6. The predicted molar refractivity (Wildman–Crippen MR) is 74.9 cm³/mol. The van der Waals surface area contributed by atoms with E-state index in [4.69, 9.17) is 11.6 Å². The summed E-state index contributed by atoms with van der Waals surface area (Å²) in [6.07, 6.45) is 1.15. The van der Waals surface area contributed by atoms with Gasteiger partial charge in [0.2, 0.25) is 0 Å². The standard InChI is InChI=1S/C14H21ClN2/c1-10-4-5-11(15)8-12(10)17-13-6-7-16-9-14(13,2)3/h4-5,8,13,16-17H,6-7,9H2,1-3H3. The lowest BCUT2D eigenvalue weighted by Crippen LogP contribution is -2.49. The molecule has 1 saturated heterocycles. The lowest BCUT2D eigenvalue weighted by molar-refractivity contribution is 0.236. The highest BCUT2D eigenvalue weighted by atomic mass is 35.5. The van der Waals surface area contributed by atoms with Gasteiger partial charge >= 0.3 is 0 Å². The van der Waals surface area contributed by atoms with E-state index in [0.29, 0.717) is 6.04 Å². The molecule has 0 amide bonds. The van der Waals surface area contributed by atoms with Crippen LogP contribution in [0, 0.1) is 12.3 Å². The largest absolute Gasteiger partial charge is 0.381 e. The van der Waals surface area contributed by atoms with Crippen molar-refractivity contribution < 1.29 is 0 Å². The number of aryl methyl sites for hydroxylation is 1. The number of nitrogens with one attached hydrogen (secondary N) is 2. The van der Waals surface area contributed by atoms with Crippen LogP contribution in [0.2, 0.25) is 5.02 Å². The van der Waals surface area contributed by atoms with Crippen LogP contribution in [-0.4, -0.2) is 19.1 Å². The monoisotopic (exact) mass is 252 g/mol. The van der Waals surface area contributed by atoms with E-state index >= 15 is 0 Å². The smallest absolute Gasteiger partial charge is 0.0426 e. The van der Waals surface area contributed by atoms with E-state index in [2.05, 4.69) is 37.5 Å². The van der Waals surface area contributed by atoms with Crippen LogP contribution < -0.4 is 10.6 Å². The van der Waals surface area contributed by atoms with Gasteiger partial charge in [-0.2, -0.15) is 0 Å². The van der Waals surface area contributed by atoms with Crippen molar-refractivity contribution in [2.75, 3.05) is 18.4 Å². The number of anilines is 1. The van der Waals surface area contributed by atoms with Crippen LogP contribution in [0.25, 0.3) is 0 Å². The Morgan fingerprint density at radius 3 is 2.88 bits per heavy atom. The van der Waals surface area contributed by atoms with Crippen molar-refractivity contribution in [1.29, 1.82) is 0 Å². The van der Waals surface area contributed by atoms with Crippen LogP contribution in [0.1, 0.15) is 25.8 Å².